The van der Waals surface area contributed by atoms with Gasteiger partial charge in [-0.3, -0.25) is 0 Å². The van der Waals surface area contributed by atoms with Crippen LogP contribution in [0.3, 0.4) is 0 Å². The van der Waals surface area contributed by atoms with Crippen molar-refractivity contribution < 1.29 is 26.3 Å². The van der Waals surface area contributed by atoms with E-state index < -0.39 is 124 Å². The molecule has 0 aliphatic heterocycles. The maximum atomic E-state index is 17.1. The molecule has 0 spiro atoms. The summed E-state index contributed by atoms with van der Waals surface area (Å²) >= 11 is 0. The summed E-state index contributed by atoms with van der Waals surface area (Å²) in [7, 11) is 0. The summed E-state index contributed by atoms with van der Waals surface area (Å²) in [5.74, 6) is -8.99. The van der Waals surface area contributed by atoms with Crippen LogP contribution in [0.25, 0.3) is 52.9 Å². The van der Waals surface area contributed by atoms with Crippen molar-refractivity contribution >= 4 is 39.2 Å². The van der Waals surface area contributed by atoms with E-state index >= 15 is 8.78 Å². The van der Waals surface area contributed by atoms with E-state index in [2.05, 4.69) is 19.4 Å². The van der Waals surface area contributed by atoms with Gasteiger partial charge in [0.1, 0.15) is 52.6 Å². The second-order valence-electron chi connectivity index (χ2n) is 9.55. The van der Waals surface area contributed by atoms with Crippen LogP contribution in [-0.4, -0.2) is 0 Å². The maximum Gasteiger partial charge on any atom is 0.270 e. The Morgan fingerprint density at radius 1 is 0.562 bits per heavy atom. The summed E-state index contributed by atoms with van der Waals surface area (Å²) in [4.78, 5) is 11.9. The third kappa shape index (κ3) is 4.18. The van der Waals surface area contributed by atoms with Crippen LogP contribution in [0.5, 0.6) is 0 Å². The van der Waals surface area contributed by atoms with Gasteiger partial charge in [0.05, 0.1) is 44.0 Å². The average molecular weight is 638 g/mol. The third-order valence-corrected chi connectivity index (χ3v) is 7.34. The van der Waals surface area contributed by atoms with Gasteiger partial charge < -0.3 is 0 Å². The zero-order valence-electron chi connectivity index (χ0n) is 23.2. The van der Waals surface area contributed by atoms with Gasteiger partial charge in [0, 0.05) is 27.8 Å². The zero-order valence-corrected chi connectivity index (χ0v) is 23.2. The van der Waals surface area contributed by atoms with Crippen LogP contribution in [0.2, 0.25) is 0 Å². The van der Waals surface area contributed by atoms with Gasteiger partial charge in [-0.05, 0) is 52.1 Å². The lowest BCUT2D eigenvalue weighted by Gasteiger charge is -2.16. The Morgan fingerprint density at radius 3 is 1.46 bits per heavy atom. The molecule has 14 heteroatoms. The molecule has 0 unspecified atom stereocenters. The zero-order chi connectivity index (χ0) is 35.2. The summed E-state index contributed by atoms with van der Waals surface area (Å²) in [6.45, 7) is 29.8. The average Bonchev–Trinajstić information content (AvgIpc) is 3.59. The van der Waals surface area contributed by atoms with Crippen LogP contribution in [0.1, 0.15) is 38.9 Å². The van der Waals surface area contributed by atoms with Crippen molar-refractivity contribution in [1.82, 2.24) is 0 Å². The molecule has 0 saturated heterocycles. The maximum absolute atomic E-state index is 17.1. The Balaban J connectivity index is 2.05. The van der Waals surface area contributed by atoms with E-state index in [0.29, 0.717) is 24.3 Å². The molecule has 0 atom stereocenters. The number of hydrogen-bond acceptors (Lipinski definition) is 4. The predicted molar refractivity (Wildman–Crippen MR) is 154 cm³/mol. The molecule has 5 rings (SSSR count). The molecule has 2 aliphatic rings. The smallest absolute Gasteiger partial charge is 0.237 e. The lowest BCUT2D eigenvalue weighted by Crippen LogP contribution is -2.05. The fourth-order valence-electron chi connectivity index (χ4n) is 5.54. The van der Waals surface area contributed by atoms with E-state index in [1.807, 2.05) is 0 Å². The first-order valence-electron chi connectivity index (χ1n) is 12.6. The lowest BCUT2D eigenvalue weighted by molar-refractivity contribution is 0.576. The van der Waals surface area contributed by atoms with E-state index in [0.717, 1.165) is 0 Å². The standard InChI is InChI=1S/C34H4F6N8/c1-45-21(11-43)26-23(13-5-17(35)15(9-41)18(36)6-13)16(10-42)25-28(26)32(40)29-27(22(12-44)46-2)24(34(48-4)30(29)31(25)39)14-7-19(37)33(47-3)20(38)8-14/h5-8H/b26-21-,27-22+. The van der Waals surface area contributed by atoms with Crippen LogP contribution in [0, 0.1) is 107 Å². The Morgan fingerprint density at radius 2 is 1.02 bits per heavy atom. The van der Waals surface area contributed by atoms with Gasteiger partial charge in [-0.2, -0.15) is 10.5 Å². The van der Waals surface area contributed by atoms with Crippen molar-refractivity contribution in [2.24, 2.45) is 0 Å². The van der Waals surface area contributed by atoms with Crippen LogP contribution >= 0.6 is 0 Å². The summed E-state index contributed by atoms with van der Waals surface area (Å²) < 4.78 is 93.0. The van der Waals surface area contributed by atoms with E-state index in [1.54, 1.807) is 6.07 Å². The fourth-order valence-corrected chi connectivity index (χ4v) is 5.54. The van der Waals surface area contributed by atoms with Gasteiger partial charge in [0.15, 0.2) is 0 Å². The van der Waals surface area contributed by atoms with Crippen molar-refractivity contribution in [2.45, 2.75) is 0 Å². The molecule has 0 bridgehead atoms. The highest BCUT2D eigenvalue weighted by atomic mass is 19.2. The van der Waals surface area contributed by atoms with Crippen LogP contribution in [0.15, 0.2) is 35.7 Å². The lowest BCUT2D eigenvalue weighted by atomic mass is 9.89. The number of allylic oxidation sites excluding steroid dienone is 7. The molecule has 3 aromatic carbocycles. The fraction of sp³-hybridized carbons (Fsp3) is 0. The molecule has 2 aliphatic carbocycles. The second kappa shape index (κ2) is 11.6. The van der Waals surface area contributed by atoms with Gasteiger partial charge >= 0.3 is 0 Å². The quantitative estimate of drug-likeness (QED) is 0.159. The van der Waals surface area contributed by atoms with E-state index in [1.165, 1.54) is 18.2 Å². The Hall–Kier alpha value is -7.88. The number of rotatable bonds is 2. The van der Waals surface area contributed by atoms with E-state index in [9.17, 15) is 33.3 Å². The predicted octanol–water partition coefficient (Wildman–Crippen LogP) is 8.50. The minimum absolute atomic E-state index is 0.541. The number of nitrogens with zero attached hydrogens (tertiary/aromatic N) is 8. The number of halogens is 6. The molecule has 0 saturated carbocycles. The highest BCUT2D eigenvalue weighted by molar-refractivity contribution is 6.29. The highest BCUT2D eigenvalue weighted by Gasteiger charge is 2.44. The third-order valence-electron chi connectivity index (χ3n) is 7.34. The molecule has 0 fully saturated rings. The normalized spacial score (nSPS) is 14.6. The highest BCUT2D eigenvalue weighted by Crippen LogP contribution is 2.58. The molecule has 0 radical (unpaired) electrons. The van der Waals surface area contributed by atoms with Crippen molar-refractivity contribution in [2.75, 3.05) is 0 Å². The Bertz CT molecular complexity index is 2350. The van der Waals surface area contributed by atoms with Gasteiger partial charge in [-0.1, -0.05) is 0 Å². The molecule has 0 aromatic heterocycles. The first kappa shape index (κ1) is 31.5. The first-order chi connectivity index (χ1) is 23.0. The summed E-state index contributed by atoms with van der Waals surface area (Å²) in [6.07, 6.45) is 0. The molecule has 48 heavy (non-hydrogen) atoms. The van der Waals surface area contributed by atoms with Gasteiger partial charge in [-0.15, -0.1) is 0 Å². The SMILES string of the molecule is [C-]#[N+]C1=C(c2cc(F)c([N+]#[C-])c(F)c2)/C(=C(/C#N)[N+]#[C-])c2c(F)c3c(c(F)c21)C(C#N)=C(c1cc(F)c(C#N)c(F)c1)/C3=C(\C#N)[N+]#[C-]. The molecule has 0 amide bonds. The molecular weight excluding hydrogens is 634 g/mol. The van der Waals surface area contributed by atoms with Crippen LogP contribution in [-0.2, 0) is 0 Å². The van der Waals surface area contributed by atoms with Crippen LogP contribution < -0.4 is 0 Å². The van der Waals surface area contributed by atoms with Crippen molar-refractivity contribution in [1.29, 1.82) is 21.0 Å². The summed E-state index contributed by atoms with van der Waals surface area (Å²) in [6, 6.07) is 7.95. The Kier molecular flexibility index (Phi) is 7.60. The van der Waals surface area contributed by atoms with E-state index in [4.69, 9.17) is 31.6 Å². The summed E-state index contributed by atoms with van der Waals surface area (Å²) in [5.41, 5.74) is -13.9. The minimum Gasteiger partial charge on any atom is -0.237 e. The topological polar surface area (TPSA) is 113 Å². The summed E-state index contributed by atoms with van der Waals surface area (Å²) in [5, 5.41) is 38.9. The number of nitriles is 4. The first-order valence-corrected chi connectivity index (χ1v) is 12.6. The van der Waals surface area contributed by atoms with E-state index in [-0.39, 0.29) is 0 Å². The van der Waals surface area contributed by atoms with Crippen molar-refractivity contribution in [3.63, 3.8) is 0 Å². The Labute approximate surface area is 266 Å². The van der Waals surface area contributed by atoms with Gasteiger partial charge in [-0.25, -0.2) is 56.2 Å². The largest absolute Gasteiger partial charge is 0.270 e. The second-order valence-corrected chi connectivity index (χ2v) is 9.55. The minimum atomic E-state index is -1.61. The molecule has 0 heterocycles. The van der Waals surface area contributed by atoms with Crippen molar-refractivity contribution in [3.05, 3.63) is 155 Å². The van der Waals surface area contributed by atoms with Gasteiger partial charge in [0.2, 0.25) is 5.70 Å². The number of benzene rings is 3. The number of fused-ring (bicyclic) bond motifs is 2. The molecule has 8 nitrogen and oxygen atoms in total. The molecule has 3 aromatic rings. The molecule has 0 N–H and O–H groups in total. The molecule has 222 valence electrons. The van der Waals surface area contributed by atoms with Gasteiger partial charge in [0.25, 0.3) is 17.1 Å². The number of hydrogen-bond donors (Lipinski definition) is 0. The van der Waals surface area contributed by atoms with Crippen molar-refractivity contribution in [3.8, 4) is 24.3 Å². The van der Waals surface area contributed by atoms with Crippen LogP contribution in [0.4, 0.5) is 32.0 Å². The molecular formula is C34H4F6N8. The monoisotopic (exact) mass is 638 g/mol.